The highest BCUT2D eigenvalue weighted by Gasteiger charge is 2.37. The van der Waals surface area contributed by atoms with Crippen LogP contribution in [0.25, 0.3) is 0 Å². The van der Waals surface area contributed by atoms with Gasteiger partial charge in [-0.1, -0.05) is 85.6 Å². The maximum atomic E-state index is 13.0. The van der Waals surface area contributed by atoms with Gasteiger partial charge in [0.25, 0.3) is 0 Å². The van der Waals surface area contributed by atoms with Gasteiger partial charge < -0.3 is 14.3 Å². The average molecular weight is 600 g/mol. The Kier molecular flexibility index (Phi) is 13.7. The van der Waals surface area contributed by atoms with Crippen LogP contribution >= 0.6 is 7.82 Å². The van der Waals surface area contributed by atoms with Gasteiger partial charge in [-0.3, -0.25) is 13.6 Å². The second kappa shape index (κ2) is 16.9. The van der Waals surface area contributed by atoms with Gasteiger partial charge in [-0.05, 0) is 62.4 Å². The minimum absolute atomic E-state index is 0.137. The van der Waals surface area contributed by atoms with Crippen molar-refractivity contribution in [3.8, 4) is 5.75 Å². The molecule has 0 saturated carbocycles. The minimum atomic E-state index is -3.67. The summed E-state index contributed by atoms with van der Waals surface area (Å²) >= 11 is 0. The molecule has 1 unspecified atom stereocenters. The second-order valence-electron chi connectivity index (χ2n) is 10.9. The SMILES string of the molecule is COCCOP(=O)(OCCCCCCONC(c1ccccc1)(c1ccccc1)c1ccc(OC)cc1)OC(C)(C)C. The Hall–Kier alpha value is -2.55. The molecule has 3 aromatic carbocycles. The number of unbranched alkanes of at least 4 members (excludes halogenated alkanes) is 3. The summed E-state index contributed by atoms with van der Waals surface area (Å²) in [6, 6.07) is 28.7. The number of ether oxygens (including phenoxy) is 2. The van der Waals surface area contributed by atoms with Crippen LogP contribution in [-0.2, 0) is 33.2 Å². The lowest BCUT2D eigenvalue weighted by Gasteiger charge is -2.36. The zero-order valence-corrected chi connectivity index (χ0v) is 26.4. The molecule has 1 atom stereocenters. The molecule has 8 nitrogen and oxygen atoms in total. The van der Waals surface area contributed by atoms with Gasteiger partial charge in [-0.2, -0.15) is 5.48 Å². The first kappa shape index (κ1) is 33.9. The topological polar surface area (TPSA) is 84.5 Å². The van der Waals surface area contributed by atoms with Crippen LogP contribution in [0.5, 0.6) is 5.75 Å². The molecule has 0 aliphatic rings. The molecule has 0 heterocycles. The molecule has 0 aliphatic carbocycles. The molecule has 0 fully saturated rings. The lowest BCUT2D eigenvalue weighted by atomic mass is 9.78. The van der Waals surface area contributed by atoms with Crippen LogP contribution in [0.15, 0.2) is 84.9 Å². The number of phosphoric ester groups is 1. The van der Waals surface area contributed by atoms with E-state index in [0.717, 1.165) is 48.1 Å². The average Bonchev–Trinajstić information content (AvgIpc) is 2.98. The first-order valence-electron chi connectivity index (χ1n) is 14.5. The van der Waals surface area contributed by atoms with Crippen molar-refractivity contribution in [1.29, 1.82) is 0 Å². The van der Waals surface area contributed by atoms with Crippen molar-refractivity contribution < 1.29 is 32.4 Å². The Morgan fingerprint density at radius 1 is 0.643 bits per heavy atom. The fourth-order valence-corrected chi connectivity index (χ4v) is 6.02. The largest absolute Gasteiger partial charge is 0.497 e. The predicted molar refractivity (Wildman–Crippen MR) is 166 cm³/mol. The molecule has 9 heteroatoms. The van der Waals surface area contributed by atoms with Crippen molar-refractivity contribution >= 4 is 7.82 Å². The summed E-state index contributed by atoms with van der Waals surface area (Å²) in [7, 11) is -0.448. The fourth-order valence-electron chi connectivity index (χ4n) is 4.52. The maximum Gasteiger partial charge on any atom is 0.475 e. The summed E-state index contributed by atoms with van der Waals surface area (Å²) in [6.45, 7) is 6.69. The van der Waals surface area contributed by atoms with Gasteiger partial charge in [-0.25, -0.2) is 4.57 Å². The highest BCUT2D eigenvalue weighted by molar-refractivity contribution is 7.48. The van der Waals surface area contributed by atoms with E-state index in [1.165, 1.54) is 0 Å². The van der Waals surface area contributed by atoms with Crippen molar-refractivity contribution in [1.82, 2.24) is 5.48 Å². The molecule has 0 aliphatic heterocycles. The van der Waals surface area contributed by atoms with Gasteiger partial charge in [0.05, 0.1) is 39.1 Å². The number of nitrogens with one attached hydrogen (secondary N) is 1. The van der Waals surface area contributed by atoms with E-state index < -0.39 is 19.0 Å². The van der Waals surface area contributed by atoms with Crippen LogP contribution in [0.2, 0.25) is 0 Å². The zero-order valence-electron chi connectivity index (χ0n) is 25.5. The van der Waals surface area contributed by atoms with Crippen molar-refractivity contribution in [2.24, 2.45) is 0 Å². The summed E-state index contributed by atoms with van der Waals surface area (Å²) in [4.78, 5) is 6.18. The van der Waals surface area contributed by atoms with E-state index in [1.54, 1.807) is 14.2 Å². The summed E-state index contributed by atoms with van der Waals surface area (Å²) in [5.41, 5.74) is 5.22. The van der Waals surface area contributed by atoms with Crippen molar-refractivity contribution in [2.75, 3.05) is 40.6 Å². The van der Waals surface area contributed by atoms with Gasteiger partial charge in [-0.15, -0.1) is 0 Å². The predicted octanol–water partition coefficient (Wildman–Crippen LogP) is 7.67. The normalized spacial score (nSPS) is 13.5. The third-order valence-electron chi connectivity index (χ3n) is 6.47. The zero-order chi connectivity index (χ0) is 30.3. The summed E-state index contributed by atoms with van der Waals surface area (Å²) < 4.78 is 40.0. The van der Waals surface area contributed by atoms with Crippen LogP contribution in [0, 0.1) is 0 Å². The van der Waals surface area contributed by atoms with Gasteiger partial charge in [0.2, 0.25) is 0 Å². The first-order valence-corrected chi connectivity index (χ1v) is 15.9. The lowest BCUT2D eigenvalue weighted by Crippen LogP contribution is -2.44. The molecule has 0 amide bonds. The molecule has 0 aromatic heterocycles. The Labute approximate surface area is 251 Å². The highest BCUT2D eigenvalue weighted by Crippen LogP contribution is 2.52. The third-order valence-corrected chi connectivity index (χ3v) is 8.24. The molecule has 0 bridgehead atoms. The number of phosphoric acid groups is 1. The molecule has 3 rings (SSSR count). The van der Waals surface area contributed by atoms with E-state index in [9.17, 15) is 4.57 Å². The van der Waals surface area contributed by atoms with Gasteiger partial charge in [0.1, 0.15) is 11.3 Å². The number of hydroxylamine groups is 1. The molecule has 230 valence electrons. The van der Waals surface area contributed by atoms with Crippen LogP contribution < -0.4 is 10.2 Å². The van der Waals surface area contributed by atoms with Crippen LogP contribution in [0.3, 0.4) is 0 Å². The molecule has 42 heavy (non-hydrogen) atoms. The number of hydrogen-bond donors (Lipinski definition) is 1. The second-order valence-corrected chi connectivity index (χ2v) is 12.5. The number of benzene rings is 3. The van der Waals surface area contributed by atoms with Crippen LogP contribution in [-0.4, -0.2) is 46.2 Å². The molecule has 0 spiro atoms. The molecule has 3 aromatic rings. The van der Waals surface area contributed by atoms with Gasteiger partial charge in [0.15, 0.2) is 0 Å². The number of methoxy groups -OCH3 is 2. The first-order chi connectivity index (χ1) is 20.2. The third kappa shape index (κ3) is 10.3. The van der Waals surface area contributed by atoms with E-state index in [0.29, 0.717) is 13.2 Å². The Morgan fingerprint density at radius 2 is 1.17 bits per heavy atom. The Morgan fingerprint density at radius 3 is 1.69 bits per heavy atom. The minimum Gasteiger partial charge on any atom is -0.497 e. The molecule has 0 radical (unpaired) electrons. The van der Waals surface area contributed by atoms with Crippen LogP contribution in [0.4, 0.5) is 0 Å². The summed E-state index contributed by atoms with van der Waals surface area (Å²) in [5.74, 6) is 0.793. The molecule has 0 saturated heterocycles. The van der Waals surface area contributed by atoms with Gasteiger partial charge in [0, 0.05) is 7.11 Å². The van der Waals surface area contributed by atoms with E-state index in [4.69, 9.17) is 27.9 Å². The van der Waals surface area contributed by atoms with Crippen molar-refractivity contribution in [3.05, 3.63) is 102 Å². The highest BCUT2D eigenvalue weighted by atomic mass is 31.2. The standard InChI is InChI=1S/C33H46NO7P/c1-32(2,3)41-42(35,40-27-26-36-4)39-25-15-7-6-14-24-38-34-33(28-16-10-8-11-17-28,29-18-12-9-13-19-29)30-20-22-31(37-5)23-21-30/h8-13,16-23,34H,6-7,14-15,24-27H2,1-5H3. The van der Waals surface area contributed by atoms with E-state index >= 15 is 0 Å². The number of hydrogen-bond acceptors (Lipinski definition) is 8. The van der Waals surface area contributed by atoms with Crippen LogP contribution in [0.1, 0.15) is 63.1 Å². The van der Waals surface area contributed by atoms with E-state index in [1.807, 2.05) is 69.3 Å². The van der Waals surface area contributed by atoms with Crippen molar-refractivity contribution in [2.45, 2.75) is 57.6 Å². The summed E-state index contributed by atoms with van der Waals surface area (Å²) in [5, 5.41) is 0. The molecule has 1 N–H and O–H groups in total. The molecular formula is C33H46NO7P. The lowest BCUT2D eigenvalue weighted by molar-refractivity contribution is -0.00165. The summed E-state index contributed by atoms with van der Waals surface area (Å²) in [6.07, 6.45) is 3.38. The Bertz CT molecular complexity index is 1160. The van der Waals surface area contributed by atoms with E-state index in [2.05, 4.69) is 41.9 Å². The van der Waals surface area contributed by atoms with Gasteiger partial charge >= 0.3 is 7.82 Å². The maximum absolute atomic E-state index is 13.0. The van der Waals surface area contributed by atoms with Crippen molar-refractivity contribution in [3.63, 3.8) is 0 Å². The fraction of sp³-hybridized carbons (Fsp3) is 0.455. The molecular weight excluding hydrogens is 553 g/mol. The number of rotatable bonds is 19. The Balaban J connectivity index is 1.58. The quantitative estimate of drug-likeness (QED) is 0.0650. The smallest absolute Gasteiger partial charge is 0.475 e. The monoisotopic (exact) mass is 599 g/mol. The van der Waals surface area contributed by atoms with E-state index in [-0.39, 0.29) is 13.2 Å².